The fourth-order valence-electron chi connectivity index (χ4n) is 1.73. The number of ether oxygens (including phenoxy) is 1. The highest BCUT2D eigenvalue weighted by atomic mass is 32.2. The maximum Gasteiger partial charge on any atom is 0.434 e. The van der Waals surface area contributed by atoms with Gasteiger partial charge in [0.25, 0.3) is 0 Å². The van der Waals surface area contributed by atoms with Crippen molar-refractivity contribution in [2.75, 3.05) is 12.9 Å². The van der Waals surface area contributed by atoms with Crippen LogP contribution in [0.25, 0.3) is 11.0 Å². The van der Waals surface area contributed by atoms with Crippen LogP contribution in [0.5, 0.6) is 0 Å². The minimum Gasteiger partial charge on any atom is -0.462 e. The van der Waals surface area contributed by atoms with Crippen LogP contribution in [-0.4, -0.2) is 28.8 Å². The number of aromatic nitrogens is 2. The molecule has 2 rings (SSSR count). The van der Waals surface area contributed by atoms with Gasteiger partial charge < -0.3 is 4.74 Å². The maximum absolute atomic E-state index is 13.1. The molecule has 0 aliphatic rings. The molecule has 0 aliphatic heterocycles. The summed E-state index contributed by atoms with van der Waals surface area (Å²) in [5.74, 6) is -1.05. The third-order valence-electron chi connectivity index (χ3n) is 2.63. The summed E-state index contributed by atoms with van der Waals surface area (Å²) in [5.41, 5.74) is -1.93. The van der Waals surface area contributed by atoms with E-state index in [0.29, 0.717) is 10.4 Å². The Morgan fingerprint density at radius 1 is 1.33 bits per heavy atom. The van der Waals surface area contributed by atoms with Crippen molar-refractivity contribution in [1.82, 2.24) is 9.97 Å². The van der Waals surface area contributed by atoms with Gasteiger partial charge in [-0.05, 0) is 31.4 Å². The van der Waals surface area contributed by atoms with Crippen molar-refractivity contribution in [3.05, 3.63) is 29.5 Å². The summed E-state index contributed by atoms with van der Waals surface area (Å²) >= 11 is 1.29. The predicted octanol–water partition coefficient (Wildman–Crippen LogP) is 3.55. The van der Waals surface area contributed by atoms with Crippen LogP contribution in [0.1, 0.15) is 23.0 Å². The Morgan fingerprint density at radius 2 is 2.05 bits per heavy atom. The second-order valence-corrected chi connectivity index (χ2v) is 4.83. The van der Waals surface area contributed by atoms with Gasteiger partial charge in [-0.2, -0.15) is 13.2 Å². The summed E-state index contributed by atoms with van der Waals surface area (Å²) in [6.45, 7) is 1.50. The van der Waals surface area contributed by atoms with E-state index < -0.39 is 23.4 Å². The number of hydrogen-bond donors (Lipinski definition) is 0. The normalized spacial score (nSPS) is 11.7. The van der Waals surface area contributed by atoms with E-state index >= 15 is 0 Å². The molecule has 8 heteroatoms. The van der Waals surface area contributed by atoms with Crippen molar-refractivity contribution >= 4 is 28.8 Å². The van der Waals surface area contributed by atoms with E-state index in [1.807, 2.05) is 0 Å². The molecule has 112 valence electrons. The van der Waals surface area contributed by atoms with Gasteiger partial charge in [-0.15, -0.1) is 11.8 Å². The molecule has 2 aromatic rings. The molecule has 4 nitrogen and oxygen atoms in total. The van der Waals surface area contributed by atoms with E-state index in [1.165, 1.54) is 18.7 Å². The van der Waals surface area contributed by atoms with Crippen molar-refractivity contribution in [2.45, 2.75) is 18.1 Å². The van der Waals surface area contributed by atoms with Crippen molar-refractivity contribution < 1.29 is 22.7 Å². The number of carbonyl (C=O) groups excluding carboxylic acids is 1. The molecule has 0 atom stereocenters. The molecule has 0 N–H and O–H groups in total. The molecular formula is C13H11F3N2O2S. The predicted molar refractivity (Wildman–Crippen MR) is 72.3 cm³/mol. The number of hydrogen-bond acceptors (Lipinski definition) is 5. The first-order valence-corrected chi connectivity index (χ1v) is 7.19. The van der Waals surface area contributed by atoms with E-state index in [9.17, 15) is 18.0 Å². The van der Waals surface area contributed by atoms with E-state index in [1.54, 1.807) is 18.4 Å². The number of pyridine rings is 2. The quantitative estimate of drug-likeness (QED) is 0.640. The minimum absolute atomic E-state index is 0.0160. The van der Waals surface area contributed by atoms with Gasteiger partial charge in [0.05, 0.1) is 17.2 Å². The molecule has 0 fully saturated rings. The molecule has 0 saturated heterocycles. The van der Waals surface area contributed by atoms with Crippen LogP contribution >= 0.6 is 11.8 Å². The SMILES string of the molecule is CCOC(=O)c1cc2ccc(SC)nc2nc1C(F)(F)F. The summed E-state index contributed by atoms with van der Waals surface area (Å²) < 4.78 is 43.8. The molecule has 21 heavy (non-hydrogen) atoms. The van der Waals surface area contributed by atoms with Gasteiger partial charge in [-0.1, -0.05) is 0 Å². The number of alkyl halides is 3. The van der Waals surface area contributed by atoms with Crippen LogP contribution in [0, 0.1) is 0 Å². The third kappa shape index (κ3) is 3.26. The van der Waals surface area contributed by atoms with Gasteiger partial charge >= 0.3 is 12.1 Å². The maximum atomic E-state index is 13.1. The van der Waals surface area contributed by atoms with E-state index in [-0.39, 0.29) is 12.3 Å². The standard InChI is InChI=1S/C13H11F3N2O2S/c1-3-20-12(19)8-6-7-4-5-9(21-2)17-11(7)18-10(8)13(14,15)16/h4-6H,3H2,1-2H3. The summed E-state index contributed by atoms with van der Waals surface area (Å²) in [5, 5.41) is 0.899. The summed E-state index contributed by atoms with van der Waals surface area (Å²) in [6.07, 6.45) is -3.00. The van der Waals surface area contributed by atoms with Crippen LogP contribution in [0.15, 0.2) is 23.2 Å². The van der Waals surface area contributed by atoms with Gasteiger partial charge in [0.2, 0.25) is 0 Å². The Balaban J connectivity index is 2.68. The lowest BCUT2D eigenvalue weighted by molar-refractivity contribution is -0.141. The monoisotopic (exact) mass is 316 g/mol. The zero-order valence-electron chi connectivity index (χ0n) is 11.2. The second-order valence-electron chi connectivity index (χ2n) is 4.00. The van der Waals surface area contributed by atoms with E-state index in [0.717, 1.165) is 6.07 Å². The molecule has 0 saturated carbocycles. The van der Waals surface area contributed by atoms with E-state index in [4.69, 9.17) is 0 Å². The van der Waals surface area contributed by atoms with Crippen LogP contribution in [0.4, 0.5) is 13.2 Å². The number of carbonyl (C=O) groups is 1. The Bertz CT molecular complexity index is 689. The topological polar surface area (TPSA) is 52.1 Å². The highest BCUT2D eigenvalue weighted by molar-refractivity contribution is 7.98. The van der Waals surface area contributed by atoms with Gasteiger partial charge in [0.15, 0.2) is 11.3 Å². The lowest BCUT2D eigenvalue weighted by Crippen LogP contribution is -2.17. The highest BCUT2D eigenvalue weighted by Gasteiger charge is 2.38. The fourth-order valence-corrected chi connectivity index (χ4v) is 2.11. The van der Waals surface area contributed by atoms with Crippen LogP contribution in [0.2, 0.25) is 0 Å². The molecule has 0 amide bonds. The summed E-state index contributed by atoms with van der Waals surface area (Å²) in [6, 6.07) is 4.33. The molecule has 2 heterocycles. The zero-order chi connectivity index (χ0) is 15.6. The highest BCUT2D eigenvalue weighted by Crippen LogP contribution is 2.32. The molecule has 0 aliphatic carbocycles. The number of rotatable bonds is 3. The fraction of sp³-hybridized carbons (Fsp3) is 0.308. The molecule has 0 radical (unpaired) electrons. The van der Waals surface area contributed by atoms with Gasteiger partial charge in [-0.3, -0.25) is 0 Å². The number of nitrogens with zero attached hydrogens (tertiary/aromatic N) is 2. The minimum atomic E-state index is -4.76. The van der Waals surface area contributed by atoms with Crippen LogP contribution in [-0.2, 0) is 10.9 Å². The van der Waals surface area contributed by atoms with Gasteiger partial charge in [0, 0.05) is 5.39 Å². The molecule has 2 aromatic heterocycles. The lowest BCUT2D eigenvalue weighted by atomic mass is 10.1. The van der Waals surface area contributed by atoms with Crippen molar-refractivity contribution in [2.24, 2.45) is 0 Å². The van der Waals surface area contributed by atoms with Crippen molar-refractivity contribution in [1.29, 1.82) is 0 Å². The Morgan fingerprint density at radius 3 is 2.62 bits per heavy atom. The van der Waals surface area contributed by atoms with Crippen molar-refractivity contribution in [3.8, 4) is 0 Å². The Kier molecular flexibility index (Phi) is 4.36. The molecule has 0 unspecified atom stereocenters. The smallest absolute Gasteiger partial charge is 0.434 e. The van der Waals surface area contributed by atoms with E-state index in [2.05, 4.69) is 14.7 Å². The number of halogens is 3. The summed E-state index contributed by atoms with van der Waals surface area (Å²) in [4.78, 5) is 19.2. The largest absolute Gasteiger partial charge is 0.462 e. The first kappa shape index (κ1) is 15.6. The van der Waals surface area contributed by atoms with Crippen molar-refractivity contribution in [3.63, 3.8) is 0 Å². The number of fused-ring (bicyclic) bond motifs is 1. The summed E-state index contributed by atoms with van der Waals surface area (Å²) in [7, 11) is 0. The molecule has 0 spiro atoms. The average Bonchev–Trinajstić information content (AvgIpc) is 2.44. The molecule has 0 aromatic carbocycles. The lowest BCUT2D eigenvalue weighted by Gasteiger charge is -2.12. The second kappa shape index (κ2) is 5.88. The average molecular weight is 316 g/mol. The first-order chi connectivity index (χ1) is 9.86. The third-order valence-corrected chi connectivity index (χ3v) is 3.27. The Hall–Kier alpha value is -1.83. The number of esters is 1. The van der Waals surface area contributed by atoms with Gasteiger partial charge in [0.1, 0.15) is 0 Å². The van der Waals surface area contributed by atoms with Crippen LogP contribution in [0.3, 0.4) is 0 Å². The van der Waals surface area contributed by atoms with Crippen LogP contribution < -0.4 is 0 Å². The zero-order valence-corrected chi connectivity index (χ0v) is 12.0. The molecule has 0 bridgehead atoms. The first-order valence-electron chi connectivity index (χ1n) is 5.97. The van der Waals surface area contributed by atoms with Gasteiger partial charge in [-0.25, -0.2) is 14.8 Å². The number of thioether (sulfide) groups is 1. The Labute approximate surface area is 122 Å². The molecular weight excluding hydrogens is 305 g/mol.